The van der Waals surface area contributed by atoms with Crippen LogP contribution in [0.2, 0.25) is 0 Å². The van der Waals surface area contributed by atoms with Gasteiger partial charge in [0.1, 0.15) is 0 Å². The second-order valence-corrected chi connectivity index (χ2v) is 2.93. The van der Waals surface area contributed by atoms with Crippen molar-refractivity contribution in [3.8, 4) is 0 Å². The Hall–Kier alpha value is -0.200. The zero-order chi connectivity index (χ0) is 9.56. The van der Waals surface area contributed by atoms with Crippen molar-refractivity contribution < 1.29 is 15.3 Å². The van der Waals surface area contributed by atoms with E-state index in [-0.39, 0.29) is 19.3 Å². The predicted octanol–water partition coefficient (Wildman–Crippen LogP) is -2.23. The minimum Gasteiger partial charge on any atom is -0.395 e. The SMILES string of the molecule is NC(CO)CCC(O)C(N)CO. The van der Waals surface area contributed by atoms with Gasteiger partial charge < -0.3 is 26.8 Å². The summed E-state index contributed by atoms with van der Waals surface area (Å²) in [6, 6.07) is -0.929. The summed E-state index contributed by atoms with van der Waals surface area (Å²) in [4.78, 5) is 0. The molecule has 0 radical (unpaired) electrons. The first kappa shape index (κ1) is 11.8. The standard InChI is InChI=1S/C7H18N2O3/c8-5(3-10)1-2-7(12)6(9)4-11/h5-7,10-12H,1-4,8-9H2. The Morgan fingerprint density at radius 1 is 1.00 bits per heavy atom. The Morgan fingerprint density at radius 3 is 2.00 bits per heavy atom. The average molecular weight is 178 g/mol. The van der Waals surface area contributed by atoms with E-state index >= 15 is 0 Å². The highest BCUT2D eigenvalue weighted by Crippen LogP contribution is 2.02. The van der Waals surface area contributed by atoms with Crippen LogP contribution < -0.4 is 11.5 Å². The maximum atomic E-state index is 9.24. The smallest absolute Gasteiger partial charge is 0.0714 e. The Bertz CT molecular complexity index is 113. The number of rotatable bonds is 6. The average Bonchev–Trinajstić information content (AvgIpc) is 2.11. The highest BCUT2D eigenvalue weighted by atomic mass is 16.3. The van der Waals surface area contributed by atoms with Gasteiger partial charge in [-0.2, -0.15) is 0 Å². The van der Waals surface area contributed by atoms with Crippen LogP contribution in [0.1, 0.15) is 12.8 Å². The molecule has 0 aromatic rings. The van der Waals surface area contributed by atoms with E-state index in [1.807, 2.05) is 0 Å². The van der Waals surface area contributed by atoms with Crippen LogP contribution in [0.15, 0.2) is 0 Å². The largest absolute Gasteiger partial charge is 0.395 e. The molecule has 3 unspecified atom stereocenters. The molecule has 0 aliphatic carbocycles. The van der Waals surface area contributed by atoms with Crippen molar-refractivity contribution in [3.63, 3.8) is 0 Å². The molecule has 0 fully saturated rings. The third-order valence-electron chi connectivity index (χ3n) is 1.77. The minimum absolute atomic E-state index is 0.0961. The molecule has 0 aliphatic rings. The maximum Gasteiger partial charge on any atom is 0.0714 e. The van der Waals surface area contributed by atoms with Gasteiger partial charge in [0.2, 0.25) is 0 Å². The quantitative estimate of drug-likeness (QED) is 0.316. The highest BCUT2D eigenvalue weighted by molar-refractivity contribution is 4.72. The molecule has 0 aromatic carbocycles. The zero-order valence-corrected chi connectivity index (χ0v) is 7.06. The Morgan fingerprint density at radius 2 is 1.58 bits per heavy atom. The summed E-state index contributed by atoms with van der Waals surface area (Å²) >= 11 is 0. The molecule has 0 aliphatic heterocycles. The van der Waals surface area contributed by atoms with Crippen LogP contribution in [-0.2, 0) is 0 Å². The van der Waals surface area contributed by atoms with E-state index in [1.165, 1.54) is 0 Å². The van der Waals surface area contributed by atoms with Crippen LogP contribution >= 0.6 is 0 Å². The number of aliphatic hydroxyl groups is 3. The van der Waals surface area contributed by atoms with Gasteiger partial charge in [-0.25, -0.2) is 0 Å². The van der Waals surface area contributed by atoms with Gasteiger partial charge in [-0.05, 0) is 12.8 Å². The van der Waals surface area contributed by atoms with Crippen molar-refractivity contribution in [3.05, 3.63) is 0 Å². The van der Waals surface area contributed by atoms with Crippen molar-refractivity contribution in [1.82, 2.24) is 0 Å². The van der Waals surface area contributed by atoms with Gasteiger partial charge in [0.05, 0.1) is 25.4 Å². The third-order valence-corrected chi connectivity index (χ3v) is 1.77. The Labute approximate surface area is 72.0 Å². The summed E-state index contributed by atoms with van der Waals surface area (Å²) in [5.74, 6) is 0. The molecule has 0 rings (SSSR count). The van der Waals surface area contributed by atoms with Crippen molar-refractivity contribution in [2.45, 2.75) is 31.0 Å². The molecular weight excluding hydrogens is 160 g/mol. The van der Waals surface area contributed by atoms with Crippen LogP contribution in [0.4, 0.5) is 0 Å². The number of aliphatic hydroxyl groups excluding tert-OH is 3. The van der Waals surface area contributed by atoms with E-state index < -0.39 is 12.1 Å². The fourth-order valence-electron chi connectivity index (χ4n) is 0.812. The fourth-order valence-corrected chi connectivity index (χ4v) is 0.812. The van der Waals surface area contributed by atoms with Gasteiger partial charge >= 0.3 is 0 Å². The van der Waals surface area contributed by atoms with Crippen molar-refractivity contribution in [1.29, 1.82) is 0 Å². The van der Waals surface area contributed by atoms with Gasteiger partial charge in [-0.1, -0.05) is 0 Å². The van der Waals surface area contributed by atoms with Gasteiger partial charge in [0.25, 0.3) is 0 Å². The lowest BCUT2D eigenvalue weighted by molar-refractivity contribution is 0.0955. The number of hydrogen-bond acceptors (Lipinski definition) is 5. The predicted molar refractivity (Wildman–Crippen MR) is 45.4 cm³/mol. The van der Waals surface area contributed by atoms with E-state index in [0.717, 1.165) is 0 Å². The summed E-state index contributed by atoms with van der Waals surface area (Å²) in [6.07, 6.45) is 0.169. The molecule has 0 heterocycles. The van der Waals surface area contributed by atoms with E-state index in [9.17, 15) is 5.11 Å². The van der Waals surface area contributed by atoms with Crippen molar-refractivity contribution >= 4 is 0 Å². The molecule has 5 heteroatoms. The molecule has 12 heavy (non-hydrogen) atoms. The molecule has 0 saturated heterocycles. The monoisotopic (exact) mass is 178 g/mol. The fraction of sp³-hybridized carbons (Fsp3) is 1.00. The van der Waals surface area contributed by atoms with E-state index in [4.69, 9.17) is 21.7 Å². The Kier molecular flexibility index (Phi) is 6.23. The van der Waals surface area contributed by atoms with Crippen LogP contribution in [0.3, 0.4) is 0 Å². The molecule has 0 bridgehead atoms. The first-order valence-electron chi connectivity index (χ1n) is 4.02. The van der Waals surface area contributed by atoms with Crippen LogP contribution in [-0.4, -0.2) is 46.7 Å². The highest BCUT2D eigenvalue weighted by Gasteiger charge is 2.14. The van der Waals surface area contributed by atoms with E-state index in [1.54, 1.807) is 0 Å². The van der Waals surface area contributed by atoms with Gasteiger partial charge in [0.15, 0.2) is 0 Å². The van der Waals surface area contributed by atoms with E-state index in [2.05, 4.69) is 0 Å². The van der Waals surface area contributed by atoms with Gasteiger partial charge in [-0.3, -0.25) is 0 Å². The number of nitrogens with two attached hydrogens (primary N) is 2. The van der Waals surface area contributed by atoms with Crippen molar-refractivity contribution in [2.75, 3.05) is 13.2 Å². The lowest BCUT2D eigenvalue weighted by atomic mass is 10.0. The molecular formula is C7H18N2O3. The first-order valence-corrected chi connectivity index (χ1v) is 4.02. The lowest BCUT2D eigenvalue weighted by Crippen LogP contribution is -2.39. The topological polar surface area (TPSA) is 113 Å². The molecule has 0 amide bonds. The first-order chi connectivity index (χ1) is 5.61. The van der Waals surface area contributed by atoms with Crippen molar-refractivity contribution in [2.24, 2.45) is 11.5 Å². The second-order valence-electron chi connectivity index (χ2n) is 2.93. The molecule has 0 saturated carbocycles. The Balaban J connectivity index is 3.49. The molecule has 5 nitrogen and oxygen atoms in total. The van der Waals surface area contributed by atoms with Gasteiger partial charge in [0, 0.05) is 6.04 Å². The maximum absolute atomic E-state index is 9.24. The van der Waals surface area contributed by atoms with E-state index in [0.29, 0.717) is 12.8 Å². The van der Waals surface area contributed by atoms with Crippen LogP contribution in [0.5, 0.6) is 0 Å². The molecule has 0 spiro atoms. The number of hydrogen-bond donors (Lipinski definition) is 5. The summed E-state index contributed by atoms with van der Waals surface area (Å²) in [5, 5.41) is 26.4. The van der Waals surface area contributed by atoms with Crippen LogP contribution in [0.25, 0.3) is 0 Å². The second kappa shape index (κ2) is 6.33. The lowest BCUT2D eigenvalue weighted by Gasteiger charge is -2.17. The molecule has 7 N–H and O–H groups in total. The zero-order valence-electron chi connectivity index (χ0n) is 7.06. The third kappa shape index (κ3) is 4.63. The minimum atomic E-state index is -0.743. The summed E-state index contributed by atoms with van der Waals surface area (Å²) < 4.78 is 0. The van der Waals surface area contributed by atoms with Crippen LogP contribution in [0, 0.1) is 0 Å². The summed E-state index contributed by atoms with van der Waals surface area (Å²) in [7, 11) is 0. The summed E-state index contributed by atoms with van der Waals surface area (Å²) in [6.45, 7) is -0.337. The normalized spacial score (nSPS) is 18.8. The summed E-state index contributed by atoms with van der Waals surface area (Å²) in [5.41, 5.74) is 10.7. The van der Waals surface area contributed by atoms with Gasteiger partial charge in [-0.15, -0.1) is 0 Å². The molecule has 74 valence electrons. The molecule has 3 atom stereocenters. The molecule has 0 aromatic heterocycles.